The smallest absolute Gasteiger partial charge is 0.345 e. The minimum atomic E-state index is -4.60. The summed E-state index contributed by atoms with van der Waals surface area (Å²) in [5.74, 6) is -1.37. The van der Waals surface area contributed by atoms with Crippen LogP contribution in [0.2, 0.25) is 5.02 Å². The number of carbonyl (C=O) groups is 2. The van der Waals surface area contributed by atoms with Gasteiger partial charge in [-0.1, -0.05) is 29.4 Å². The maximum atomic E-state index is 13.6. The van der Waals surface area contributed by atoms with Crippen LogP contribution in [0.1, 0.15) is 32.9 Å². The van der Waals surface area contributed by atoms with Gasteiger partial charge >= 0.3 is 6.18 Å². The number of thioether (sulfide) groups is 1. The van der Waals surface area contributed by atoms with Crippen molar-refractivity contribution in [3.8, 4) is 5.69 Å². The number of carbonyl (C=O) groups excluding carboxylic acids is 2. The molecule has 2 N–H and O–H groups in total. The van der Waals surface area contributed by atoms with E-state index < -0.39 is 23.5 Å². The lowest BCUT2D eigenvalue weighted by Gasteiger charge is -2.13. The molecule has 0 spiro atoms. The average Bonchev–Trinajstić information content (AvgIpc) is 3.31. The van der Waals surface area contributed by atoms with Gasteiger partial charge < -0.3 is 10.6 Å². The minimum absolute atomic E-state index is 0.0251. The molecule has 1 heterocycles. The summed E-state index contributed by atoms with van der Waals surface area (Å²) >= 11 is 6.92. The summed E-state index contributed by atoms with van der Waals surface area (Å²) in [5, 5.41) is 13.6. The highest BCUT2D eigenvalue weighted by atomic mass is 35.5. The number of benzene rings is 3. The van der Waals surface area contributed by atoms with E-state index in [0.717, 1.165) is 41.1 Å². The predicted molar refractivity (Wildman–Crippen MR) is 144 cm³/mol. The van der Waals surface area contributed by atoms with E-state index in [-0.39, 0.29) is 34.1 Å². The molecule has 0 saturated carbocycles. The van der Waals surface area contributed by atoms with Gasteiger partial charge in [-0.3, -0.25) is 14.2 Å². The van der Waals surface area contributed by atoms with Crippen molar-refractivity contribution in [2.75, 3.05) is 11.1 Å². The van der Waals surface area contributed by atoms with Crippen LogP contribution in [0.4, 0.5) is 23.2 Å². The van der Waals surface area contributed by atoms with Crippen LogP contribution in [0.3, 0.4) is 0 Å². The normalized spacial score (nSPS) is 11.4. The highest BCUT2D eigenvalue weighted by Gasteiger charge is 2.31. The number of amides is 2. The van der Waals surface area contributed by atoms with Crippen molar-refractivity contribution in [3.63, 3.8) is 0 Å². The van der Waals surface area contributed by atoms with Gasteiger partial charge in [0.15, 0.2) is 11.0 Å². The van der Waals surface area contributed by atoms with E-state index in [0.29, 0.717) is 17.1 Å². The largest absolute Gasteiger partial charge is 0.416 e. The van der Waals surface area contributed by atoms with Crippen molar-refractivity contribution in [1.82, 2.24) is 20.1 Å². The molecular formula is C27H22ClF4N5O2S. The van der Waals surface area contributed by atoms with Gasteiger partial charge in [-0.05, 0) is 79.6 Å². The molecule has 40 heavy (non-hydrogen) atoms. The van der Waals surface area contributed by atoms with E-state index in [2.05, 4.69) is 20.8 Å². The maximum absolute atomic E-state index is 13.6. The molecule has 4 rings (SSSR count). The number of nitrogens with zero attached hydrogens (tertiary/aromatic N) is 3. The van der Waals surface area contributed by atoms with Crippen molar-refractivity contribution in [2.24, 2.45) is 0 Å². The Morgan fingerprint density at radius 3 is 2.38 bits per heavy atom. The average molecular weight is 592 g/mol. The van der Waals surface area contributed by atoms with Crippen molar-refractivity contribution >= 4 is 40.9 Å². The van der Waals surface area contributed by atoms with Crippen molar-refractivity contribution in [3.05, 3.63) is 99.6 Å². The van der Waals surface area contributed by atoms with Gasteiger partial charge in [-0.25, -0.2) is 4.39 Å². The molecule has 4 aromatic rings. The van der Waals surface area contributed by atoms with Crippen LogP contribution in [-0.2, 0) is 17.5 Å². The fraction of sp³-hybridized carbons (Fsp3) is 0.185. The highest BCUT2D eigenvalue weighted by molar-refractivity contribution is 7.99. The van der Waals surface area contributed by atoms with E-state index in [1.807, 2.05) is 19.9 Å². The second-order valence-corrected chi connectivity index (χ2v) is 10.1. The minimum Gasteiger partial charge on any atom is -0.345 e. The number of hydrogen-bond acceptors (Lipinski definition) is 5. The first-order valence-corrected chi connectivity index (χ1v) is 13.1. The molecule has 7 nitrogen and oxygen atoms in total. The first-order valence-electron chi connectivity index (χ1n) is 11.8. The summed E-state index contributed by atoms with van der Waals surface area (Å²) in [6.07, 6.45) is -4.60. The Labute approximate surface area is 235 Å². The third kappa shape index (κ3) is 6.99. The van der Waals surface area contributed by atoms with Gasteiger partial charge in [-0.15, -0.1) is 10.2 Å². The molecule has 0 radical (unpaired) electrons. The van der Waals surface area contributed by atoms with Gasteiger partial charge in [0.1, 0.15) is 5.82 Å². The number of alkyl halides is 3. The first kappa shape index (κ1) is 29.1. The summed E-state index contributed by atoms with van der Waals surface area (Å²) in [6, 6.07) is 13.4. The van der Waals surface area contributed by atoms with E-state index in [4.69, 9.17) is 11.6 Å². The molecular weight excluding hydrogens is 570 g/mol. The fourth-order valence-corrected chi connectivity index (χ4v) is 4.55. The van der Waals surface area contributed by atoms with Crippen LogP contribution in [-0.4, -0.2) is 32.3 Å². The molecule has 208 valence electrons. The van der Waals surface area contributed by atoms with Crippen LogP contribution in [0.25, 0.3) is 5.69 Å². The monoisotopic (exact) mass is 591 g/mol. The number of halogens is 5. The lowest BCUT2D eigenvalue weighted by molar-refractivity contribution is -0.137. The van der Waals surface area contributed by atoms with Gasteiger partial charge in [0.2, 0.25) is 5.91 Å². The zero-order valence-corrected chi connectivity index (χ0v) is 22.7. The zero-order valence-electron chi connectivity index (χ0n) is 21.1. The quantitative estimate of drug-likeness (QED) is 0.184. The first-order chi connectivity index (χ1) is 18.9. The van der Waals surface area contributed by atoms with E-state index in [1.54, 1.807) is 16.7 Å². The van der Waals surface area contributed by atoms with Gasteiger partial charge in [0.05, 0.1) is 28.6 Å². The molecule has 0 bridgehead atoms. The van der Waals surface area contributed by atoms with Crippen LogP contribution >= 0.6 is 23.4 Å². The summed E-state index contributed by atoms with van der Waals surface area (Å²) in [4.78, 5) is 25.3. The molecule has 0 aliphatic rings. The SMILES string of the molecule is Cc1ccc(C(=O)NCc2nnc(SCC(=O)Nc3cc(C(F)(F)F)ccc3Cl)n2-c2ccc(F)cc2)cc1C. The summed E-state index contributed by atoms with van der Waals surface area (Å²) < 4.78 is 54.3. The number of rotatable bonds is 8. The van der Waals surface area contributed by atoms with E-state index in [9.17, 15) is 27.2 Å². The van der Waals surface area contributed by atoms with Gasteiger partial charge in [0.25, 0.3) is 5.91 Å². The van der Waals surface area contributed by atoms with Crippen LogP contribution in [0.5, 0.6) is 0 Å². The molecule has 0 saturated heterocycles. The lowest BCUT2D eigenvalue weighted by atomic mass is 10.1. The summed E-state index contributed by atoms with van der Waals surface area (Å²) in [7, 11) is 0. The Kier molecular flexibility index (Phi) is 8.79. The second kappa shape index (κ2) is 12.1. The van der Waals surface area contributed by atoms with E-state index in [1.165, 1.54) is 24.3 Å². The second-order valence-electron chi connectivity index (χ2n) is 8.72. The van der Waals surface area contributed by atoms with Crippen molar-refractivity contribution in [1.29, 1.82) is 0 Å². The standard InChI is InChI=1S/C27H22ClF4N5O2S/c1-15-3-4-17(11-16(15)2)25(39)33-13-23-35-36-26(37(23)20-8-6-19(29)7-9-20)40-14-24(38)34-22-12-18(27(30,31)32)5-10-21(22)28/h3-12H,13-14H2,1-2H3,(H,33,39)(H,34,38). The number of anilines is 1. The Balaban J connectivity index is 1.51. The lowest BCUT2D eigenvalue weighted by Crippen LogP contribution is -2.24. The molecule has 2 amide bonds. The molecule has 0 aliphatic heterocycles. The Morgan fingerprint density at radius 1 is 0.975 bits per heavy atom. The molecule has 13 heteroatoms. The molecule has 1 aromatic heterocycles. The number of hydrogen-bond donors (Lipinski definition) is 2. The molecule has 0 unspecified atom stereocenters. The molecule has 3 aromatic carbocycles. The summed E-state index contributed by atoms with van der Waals surface area (Å²) in [5.41, 5.74) is 1.82. The third-order valence-electron chi connectivity index (χ3n) is 5.86. The summed E-state index contributed by atoms with van der Waals surface area (Å²) in [6.45, 7) is 3.82. The number of aromatic nitrogens is 3. The van der Waals surface area contributed by atoms with Crippen LogP contribution < -0.4 is 10.6 Å². The van der Waals surface area contributed by atoms with Crippen molar-refractivity contribution < 1.29 is 27.2 Å². The molecule has 0 atom stereocenters. The highest BCUT2D eigenvalue weighted by Crippen LogP contribution is 2.34. The zero-order chi connectivity index (χ0) is 29.0. The molecule has 0 aliphatic carbocycles. The number of aryl methyl sites for hydroxylation is 2. The van der Waals surface area contributed by atoms with Gasteiger partial charge in [-0.2, -0.15) is 13.2 Å². The third-order valence-corrected chi connectivity index (χ3v) is 7.12. The topological polar surface area (TPSA) is 88.9 Å². The number of nitrogens with one attached hydrogen (secondary N) is 2. The van der Waals surface area contributed by atoms with Crippen molar-refractivity contribution in [2.45, 2.75) is 31.7 Å². The fourth-order valence-electron chi connectivity index (χ4n) is 3.62. The maximum Gasteiger partial charge on any atom is 0.416 e. The Hall–Kier alpha value is -3.90. The van der Waals surface area contributed by atoms with E-state index >= 15 is 0 Å². The van der Waals surface area contributed by atoms with Crippen LogP contribution in [0.15, 0.2) is 65.8 Å². The Morgan fingerprint density at radius 2 is 1.70 bits per heavy atom. The van der Waals surface area contributed by atoms with Gasteiger partial charge in [0, 0.05) is 11.3 Å². The van der Waals surface area contributed by atoms with Crippen LogP contribution in [0, 0.1) is 19.7 Å². The molecule has 0 fully saturated rings. The Bertz CT molecular complexity index is 1560. The predicted octanol–water partition coefficient (Wildman–Crippen LogP) is 6.36.